The fraction of sp³-hybridized carbons (Fsp3) is 0.500. The highest BCUT2D eigenvalue weighted by Crippen LogP contribution is 2.17. The molecular formula is C22H31N3O3. The van der Waals surface area contributed by atoms with Crippen LogP contribution in [0, 0.1) is 19.8 Å². The van der Waals surface area contributed by atoms with Crippen molar-refractivity contribution in [1.29, 1.82) is 0 Å². The number of hydrogen-bond acceptors (Lipinski definition) is 4. The van der Waals surface area contributed by atoms with E-state index in [1.807, 2.05) is 25.1 Å². The molecule has 0 aromatic carbocycles. The standard InChI is InChI=1S/C22H31N3O3/c1-16(2)9-13-25(22(27)20-15-17(3)28-18(20)4)14-10-21(26)24-12-8-19-7-5-6-11-23-19/h5-7,11,15-16H,8-10,12-14H2,1-4H3,(H,24,26). The molecule has 0 bridgehead atoms. The number of aromatic nitrogens is 1. The number of carbonyl (C=O) groups excluding carboxylic acids is 2. The molecule has 152 valence electrons. The number of pyridine rings is 1. The van der Waals surface area contributed by atoms with E-state index in [0.29, 0.717) is 43.3 Å². The van der Waals surface area contributed by atoms with Gasteiger partial charge in [0.2, 0.25) is 5.91 Å². The van der Waals surface area contributed by atoms with E-state index in [4.69, 9.17) is 4.42 Å². The van der Waals surface area contributed by atoms with E-state index in [-0.39, 0.29) is 18.2 Å². The van der Waals surface area contributed by atoms with Gasteiger partial charge >= 0.3 is 0 Å². The Hall–Kier alpha value is -2.63. The lowest BCUT2D eigenvalue weighted by Gasteiger charge is -2.23. The summed E-state index contributed by atoms with van der Waals surface area (Å²) in [6, 6.07) is 7.51. The average molecular weight is 386 g/mol. The van der Waals surface area contributed by atoms with Crippen molar-refractivity contribution in [3.05, 3.63) is 53.2 Å². The normalized spacial score (nSPS) is 10.9. The lowest BCUT2D eigenvalue weighted by atomic mass is 10.1. The van der Waals surface area contributed by atoms with Gasteiger partial charge in [-0.3, -0.25) is 14.6 Å². The van der Waals surface area contributed by atoms with Crippen LogP contribution in [-0.4, -0.2) is 41.3 Å². The number of nitrogens with zero attached hydrogens (tertiary/aromatic N) is 2. The highest BCUT2D eigenvalue weighted by molar-refractivity contribution is 5.95. The van der Waals surface area contributed by atoms with Crippen molar-refractivity contribution in [2.75, 3.05) is 19.6 Å². The summed E-state index contributed by atoms with van der Waals surface area (Å²) < 4.78 is 5.50. The number of nitrogens with one attached hydrogen (secondary N) is 1. The predicted octanol–water partition coefficient (Wildman–Crippen LogP) is 3.53. The third kappa shape index (κ3) is 6.83. The first-order valence-electron chi connectivity index (χ1n) is 9.89. The Bertz CT molecular complexity index is 769. The van der Waals surface area contributed by atoms with E-state index in [0.717, 1.165) is 17.9 Å². The van der Waals surface area contributed by atoms with Gasteiger partial charge in [-0.05, 0) is 44.4 Å². The third-order valence-corrected chi connectivity index (χ3v) is 4.57. The Labute approximate surface area is 167 Å². The van der Waals surface area contributed by atoms with Crippen LogP contribution in [0.25, 0.3) is 0 Å². The second-order valence-corrected chi connectivity index (χ2v) is 7.47. The summed E-state index contributed by atoms with van der Waals surface area (Å²) in [5.41, 5.74) is 1.53. The summed E-state index contributed by atoms with van der Waals surface area (Å²) in [4.78, 5) is 31.2. The molecule has 0 saturated heterocycles. The first kappa shape index (κ1) is 21.7. The zero-order valence-corrected chi connectivity index (χ0v) is 17.3. The zero-order chi connectivity index (χ0) is 20.5. The second kappa shape index (κ2) is 10.6. The summed E-state index contributed by atoms with van der Waals surface area (Å²) in [5.74, 6) is 1.69. The summed E-state index contributed by atoms with van der Waals surface area (Å²) in [5, 5.41) is 2.91. The molecule has 1 N–H and O–H groups in total. The maximum atomic E-state index is 12.9. The third-order valence-electron chi connectivity index (χ3n) is 4.57. The van der Waals surface area contributed by atoms with E-state index in [9.17, 15) is 9.59 Å². The van der Waals surface area contributed by atoms with Gasteiger partial charge in [-0.1, -0.05) is 19.9 Å². The molecule has 2 aromatic heterocycles. The van der Waals surface area contributed by atoms with Gasteiger partial charge in [-0.25, -0.2) is 0 Å². The van der Waals surface area contributed by atoms with E-state index < -0.39 is 0 Å². The van der Waals surface area contributed by atoms with Crippen molar-refractivity contribution in [2.45, 2.75) is 47.0 Å². The maximum Gasteiger partial charge on any atom is 0.257 e. The Balaban J connectivity index is 1.88. The Morgan fingerprint density at radius 3 is 2.61 bits per heavy atom. The van der Waals surface area contributed by atoms with Crippen molar-refractivity contribution in [3.8, 4) is 0 Å². The monoisotopic (exact) mass is 385 g/mol. The molecule has 0 fully saturated rings. The van der Waals surface area contributed by atoms with E-state index in [1.54, 1.807) is 24.1 Å². The van der Waals surface area contributed by atoms with Crippen LogP contribution >= 0.6 is 0 Å². The Morgan fingerprint density at radius 2 is 2.00 bits per heavy atom. The molecule has 0 radical (unpaired) electrons. The molecule has 6 heteroatoms. The second-order valence-electron chi connectivity index (χ2n) is 7.47. The summed E-state index contributed by atoms with van der Waals surface area (Å²) in [6.07, 6.45) is 3.61. The van der Waals surface area contributed by atoms with Crippen LogP contribution in [0.4, 0.5) is 0 Å². The van der Waals surface area contributed by atoms with Gasteiger partial charge in [-0.15, -0.1) is 0 Å². The van der Waals surface area contributed by atoms with Gasteiger partial charge in [0.05, 0.1) is 5.56 Å². The Morgan fingerprint density at radius 1 is 1.21 bits per heavy atom. The number of rotatable bonds is 10. The van der Waals surface area contributed by atoms with Crippen LogP contribution in [0.15, 0.2) is 34.9 Å². The molecule has 6 nitrogen and oxygen atoms in total. The fourth-order valence-electron chi connectivity index (χ4n) is 2.94. The van der Waals surface area contributed by atoms with Crippen LogP contribution in [0.1, 0.15) is 54.3 Å². The number of carbonyl (C=O) groups is 2. The van der Waals surface area contributed by atoms with E-state index in [1.165, 1.54) is 0 Å². The van der Waals surface area contributed by atoms with Gasteiger partial charge in [0, 0.05) is 44.4 Å². The Kier molecular flexibility index (Phi) is 8.23. The SMILES string of the molecule is Cc1cc(C(=O)N(CCC(=O)NCCc2ccccn2)CCC(C)C)c(C)o1. The summed E-state index contributed by atoms with van der Waals surface area (Å²) in [6.45, 7) is 9.44. The lowest BCUT2D eigenvalue weighted by Crippen LogP contribution is -2.37. The topological polar surface area (TPSA) is 75.4 Å². The van der Waals surface area contributed by atoms with Crippen LogP contribution in [0.3, 0.4) is 0 Å². The number of amides is 2. The van der Waals surface area contributed by atoms with Crippen LogP contribution < -0.4 is 5.32 Å². The minimum Gasteiger partial charge on any atom is -0.466 e. The number of furan rings is 1. The molecule has 0 atom stereocenters. The van der Waals surface area contributed by atoms with Gasteiger partial charge in [-0.2, -0.15) is 0 Å². The van der Waals surface area contributed by atoms with Gasteiger partial charge < -0.3 is 14.6 Å². The number of hydrogen-bond donors (Lipinski definition) is 1. The summed E-state index contributed by atoms with van der Waals surface area (Å²) >= 11 is 0. The summed E-state index contributed by atoms with van der Waals surface area (Å²) in [7, 11) is 0. The van der Waals surface area contributed by atoms with Gasteiger partial charge in [0.25, 0.3) is 5.91 Å². The van der Waals surface area contributed by atoms with Crippen molar-refractivity contribution >= 4 is 11.8 Å². The smallest absolute Gasteiger partial charge is 0.257 e. The molecule has 2 heterocycles. The minimum atomic E-state index is -0.0729. The first-order chi connectivity index (χ1) is 13.4. The van der Waals surface area contributed by atoms with Crippen molar-refractivity contribution in [2.24, 2.45) is 5.92 Å². The average Bonchev–Trinajstić information content (AvgIpc) is 3.00. The van der Waals surface area contributed by atoms with Crippen LogP contribution in [-0.2, 0) is 11.2 Å². The van der Waals surface area contributed by atoms with Gasteiger partial charge in [0.1, 0.15) is 11.5 Å². The molecule has 0 spiro atoms. The molecule has 2 amide bonds. The van der Waals surface area contributed by atoms with Crippen molar-refractivity contribution in [1.82, 2.24) is 15.2 Å². The van der Waals surface area contributed by atoms with Gasteiger partial charge in [0.15, 0.2) is 0 Å². The quantitative estimate of drug-likeness (QED) is 0.679. The lowest BCUT2D eigenvalue weighted by molar-refractivity contribution is -0.121. The number of aryl methyl sites for hydroxylation is 2. The molecule has 2 rings (SSSR count). The van der Waals surface area contributed by atoms with E-state index in [2.05, 4.69) is 24.1 Å². The molecular weight excluding hydrogens is 354 g/mol. The molecule has 0 saturated carbocycles. The molecule has 28 heavy (non-hydrogen) atoms. The van der Waals surface area contributed by atoms with E-state index >= 15 is 0 Å². The predicted molar refractivity (Wildman–Crippen MR) is 109 cm³/mol. The minimum absolute atomic E-state index is 0.0571. The fourth-order valence-corrected chi connectivity index (χ4v) is 2.94. The molecule has 0 unspecified atom stereocenters. The highest BCUT2D eigenvalue weighted by Gasteiger charge is 2.21. The zero-order valence-electron chi connectivity index (χ0n) is 17.3. The van der Waals surface area contributed by atoms with Crippen molar-refractivity contribution < 1.29 is 14.0 Å². The highest BCUT2D eigenvalue weighted by atomic mass is 16.3. The van der Waals surface area contributed by atoms with Crippen molar-refractivity contribution in [3.63, 3.8) is 0 Å². The molecule has 0 aliphatic rings. The molecule has 0 aliphatic carbocycles. The molecule has 0 aliphatic heterocycles. The molecule has 2 aromatic rings. The maximum absolute atomic E-state index is 12.9. The largest absolute Gasteiger partial charge is 0.466 e. The van der Waals surface area contributed by atoms with Crippen LogP contribution in [0.5, 0.6) is 0 Å². The van der Waals surface area contributed by atoms with Crippen LogP contribution in [0.2, 0.25) is 0 Å². The first-order valence-corrected chi connectivity index (χ1v) is 9.89.